The summed E-state index contributed by atoms with van der Waals surface area (Å²) in [6, 6.07) is 33.7. The summed E-state index contributed by atoms with van der Waals surface area (Å²) < 4.78 is 14.9. The van der Waals surface area contributed by atoms with E-state index in [0.717, 1.165) is 164 Å². The van der Waals surface area contributed by atoms with E-state index in [4.69, 9.17) is 8.75 Å². The van der Waals surface area contributed by atoms with Gasteiger partial charge < -0.3 is 9.13 Å². The van der Waals surface area contributed by atoms with Crippen LogP contribution in [0.4, 0.5) is 11.4 Å². The molecule has 10 nitrogen and oxygen atoms in total. The zero-order valence-corrected chi connectivity index (χ0v) is 49.5. The molecule has 2 atom stereocenters. The molecule has 10 rings (SSSR count). The van der Waals surface area contributed by atoms with Crippen molar-refractivity contribution in [2.75, 3.05) is 0 Å². The molecule has 2 unspecified atom stereocenters. The fourth-order valence-electron chi connectivity index (χ4n) is 12.2. The normalized spacial score (nSPS) is 12.8. The van der Waals surface area contributed by atoms with Crippen molar-refractivity contribution in [2.24, 2.45) is 11.8 Å². The summed E-state index contributed by atoms with van der Waals surface area (Å²) in [6.07, 6.45) is 20.4. The number of hydrogen-bond acceptors (Lipinski definition) is 9. The molecule has 5 heterocycles. The van der Waals surface area contributed by atoms with Crippen molar-refractivity contribution < 1.29 is 9.85 Å². The van der Waals surface area contributed by atoms with Crippen LogP contribution in [0.3, 0.4) is 0 Å². The Bertz CT molecular complexity index is 3540. The van der Waals surface area contributed by atoms with Crippen molar-refractivity contribution in [2.45, 2.75) is 170 Å². The summed E-state index contributed by atoms with van der Waals surface area (Å²) in [5.74, 6) is 1.05. The highest BCUT2D eigenvalue weighted by molar-refractivity contribution is 7.19. The van der Waals surface area contributed by atoms with Gasteiger partial charge in [-0.1, -0.05) is 143 Å². The van der Waals surface area contributed by atoms with Crippen LogP contribution in [0.25, 0.3) is 96.4 Å². The summed E-state index contributed by atoms with van der Waals surface area (Å²) in [7, 11) is 0. The van der Waals surface area contributed by atoms with Gasteiger partial charge in [0.15, 0.2) is 0 Å². The van der Waals surface area contributed by atoms with E-state index in [0.29, 0.717) is 11.8 Å². The van der Waals surface area contributed by atoms with E-state index in [2.05, 4.69) is 111 Å². The van der Waals surface area contributed by atoms with Crippen LogP contribution < -0.4 is 0 Å². The molecule has 13 heteroatoms. The van der Waals surface area contributed by atoms with Crippen LogP contribution >= 0.6 is 34.4 Å². The number of nitro groups is 2. The van der Waals surface area contributed by atoms with Gasteiger partial charge in [-0.2, -0.15) is 8.75 Å². The third-order valence-corrected chi connectivity index (χ3v) is 19.8. The summed E-state index contributed by atoms with van der Waals surface area (Å²) in [5.41, 5.74) is 13.5. The quantitative estimate of drug-likeness (QED) is 0.0273. The van der Waals surface area contributed by atoms with Crippen LogP contribution in [0.2, 0.25) is 0 Å². The number of aryl methyl sites for hydroxylation is 2. The average Bonchev–Trinajstić information content (AvgIpc) is 4.51. The SMILES string of the molecule is CCCCCCc1cc(-c2ccc(-c3cc(CCCCCC)c(-c4ccc5c(c4)c4cc([N+](=O)[O-])ccc4n5CC(CC)CCCC)s3)c3nsnc23)sc1-c1ccc2c(c1)c1cc([N+](=O)[O-])ccc1n2CC(CC)CCCC. The fraction of sp³-hybridized carbons (Fsp3) is 0.424. The number of benzene rings is 5. The Balaban J connectivity index is 1.06. The predicted octanol–water partition coefficient (Wildman–Crippen LogP) is 21.2. The van der Waals surface area contributed by atoms with Gasteiger partial charge in [-0.05, 0) is 121 Å². The molecule has 0 aliphatic carbocycles. The highest BCUT2D eigenvalue weighted by Gasteiger charge is 2.25. The second-order valence-electron chi connectivity index (χ2n) is 22.1. The van der Waals surface area contributed by atoms with Gasteiger partial charge in [0.25, 0.3) is 11.4 Å². The van der Waals surface area contributed by atoms with E-state index in [-0.39, 0.29) is 21.2 Å². The summed E-state index contributed by atoms with van der Waals surface area (Å²) in [6.45, 7) is 15.3. The lowest BCUT2D eigenvalue weighted by atomic mass is 9.99. The number of fused-ring (bicyclic) bond motifs is 7. The van der Waals surface area contributed by atoms with Gasteiger partial charge in [-0.25, -0.2) is 0 Å². The minimum atomic E-state index is -0.275. The third kappa shape index (κ3) is 11.7. The van der Waals surface area contributed by atoms with Gasteiger partial charge in [-0.3, -0.25) is 20.2 Å². The number of non-ortho nitro benzene ring substituents is 2. The van der Waals surface area contributed by atoms with Crippen LogP contribution in [0.15, 0.2) is 97.1 Å². The molecule has 0 fully saturated rings. The molecule has 0 saturated heterocycles. The molecule has 5 aromatic heterocycles. The third-order valence-electron chi connectivity index (χ3n) is 16.8. The number of rotatable bonds is 28. The predicted molar refractivity (Wildman–Crippen MR) is 337 cm³/mol. The smallest absolute Gasteiger partial charge is 0.270 e. The van der Waals surface area contributed by atoms with Crippen LogP contribution in [0, 0.1) is 32.1 Å². The van der Waals surface area contributed by atoms with Crippen molar-refractivity contribution in [3.63, 3.8) is 0 Å². The number of aromatic nitrogens is 4. The monoisotopic (exact) mass is 1110 g/mol. The minimum absolute atomic E-state index is 0.116. The topological polar surface area (TPSA) is 122 Å². The highest BCUT2D eigenvalue weighted by atomic mass is 32.1. The van der Waals surface area contributed by atoms with E-state index < -0.39 is 0 Å². The Hall–Kier alpha value is -6.28. The van der Waals surface area contributed by atoms with Crippen LogP contribution in [-0.2, 0) is 25.9 Å². The second kappa shape index (κ2) is 25.4. The maximum atomic E-state index is 12.2. The number of nitro benzene ring substituents is 2. The largest absolute Gasteiger partial charge is 0.340 e. The number of nitrogens with zero attached hydrogens (tertiary/aromatic N) is 6. The molecular weight excluding hydrogens is 1040 g/mol. The van der Waals surface area contributed by atoms with Crippen LogP contribution in [-0.4, -0.2) is 27.7 Å². The summed E-state index contributed by atoms with van der Waals surface area (Å²) in [4.78, 5) is 28.6. The average molecular weight is 1110 g/mol. The molecule has 0 aliphatic heterocycles. The maximum Gasteiger partial charge on any atom is 0.270 e. The lowest BCUT2D eigenvalue weighted by molar-refractivity contribution is -0.384. The van der Waals surface area contributed by atoms with E-state index in [1.165, 1.54) is 84.0 Å². The lowest BCUT2D eigenvalue weighted by Gasteiger charge is -2.17. The Labute approximate surface area is 477 Å². The van der Waals surface area contributed by atoms with Gasteiger partial charge in [-0.15, -0.1) is 22.7 Å². The number of thiophene rings is 2. The van der Waals surface area contributed by atoms with Gasteiger partial charge in [0, 0.05) is 112 Å². The zero-order valence-electron chi connectivity index (χ0n) is 47.1. The maximum absolute atomic E-state index is 12.2. The molecule has 0 radical (unpaired) electrons. The summed E-state index contributed by atoms with van der Waals surface area (Å²) >= 11 is 4.90. The van der Waals surface area contributed by atoms with Crippen molar-refractivity contribution in [3.8, 4) is 41.8 Å². The molecule has 0 saturated carbocycles. The van der Waals surface area contributed by atoms with Crippen LogP contribution in [0.1, 0.15) is 155 Å². The molecule has 79 heavy (non-hydrogen) atoms. The fourth-order valence-corrected chi connectivity index (χ4v) is 15.2. The molecular formula is C66H76N6O4S3. The van der Waals surface area contributed by atoms with Crippen molar-refractivity contribution in [3.05, 3.63) is 128 Å². The molecule has 0 spiro atoms. The Morgan fingerprint density at radius 2 is 0.861 bits per heavy atom. The van der Waals surface area contributed by atoms with Crippen LogP contribution in [0.5, 0.6) is 0 Å². The molecule has 412 valence electrons. The van der Waals surface area contributed by atoms with E-state index in [9.17, 15) is 20.2 Å². The van der Waals surface area contributed by atoms with Gasteiger partial charge in [0.1, 0.15) is 11.0 Å². The minimum Gasteiger partial charge on any atom is -0.340 e. The van der Waals surface area contributed by atoms with Crippen molar-refractivity contribution >= 4 is 100 Å². The molecule has 5 aromatic carbocycles. The first-order chi connectivity index (χ1) is 38.6. The number of hydrogen-bond donors (Lipinski definition) is 0. The Morgan fingerprint density at radius 3 is 1.24 bits per heavy atom. The van der Waals surface area contributed by atoms with Crippen molar-refractivity contribution in [1.29, 1.82) is 0 Å². The first-order valence-electron chi connectivity index (χ1n) is 29.5. The molecule has 0 bridgehead atoms. The molecule has 0 N–H and O–H groups in total. The Kier molecular flexibility index (Phi) is 18.0. The molecule has 10 aromatic rings. The van der Waals surface area contributed by atoms with Gasteiger partial charge in [0.05, 0.1) is 21.6 Å². The first-order valence-corrected chi connectivity index (χ1v) is 31.9. The van der Waals surface area contributed by atoms with Gasteiger partial charge in [0.2, 0.25) is 0 Å². The lowest BCUT2D eigenvalue weighted by Crippen LogP contribution is -2.10. The van der Waals surface area contributed by atoms with E-state index in [1.54, 1.807) is 24.3 Å². The van der Waals surface area contributed by atoms with Crippen molar-refractivity contribution in [1.82, 2.24) is 17.9 Å². The number of unbranched alkanes of at least 4 members (excludes halogenated alkanes) is 8. The standard InChI is InChI=1S/C66H76N6O4S3/c1-7-13-17-19-23-45-37-61(77-65(45)47-25-31-57-53(35-47)55-39-49(71(73)74)27-33-59(55)69(57)41-43(11-5)21-15-9-3)51-29-30-52(64-63(51)67-79-68-64)62-38-46(24-20-18-14-8-2)66(78-62)48-26-32-58-54(36-48)56-40-50(72(75)76)28-34-60(56)70(58)42-44(12-6)22-16-10-4/h25-40,43-44H,7-24,41-42H2,1-6H3. The molecule has 0 aliphatic rings. The highest BCUT2D eigenvalue weighted by Crippen LogP contribution is 2.48. The van der Waals surface area contributed by atoms with E-state index >= 15 is 0 Å². The molecule has 0 amide bonds. The zero-order chi connectivity index (χ0) is 55.2. The second-order valence-corrected chi connectivity index (χ2v) is 24.7. The Morgan fingerprint density at radius 1 is 0.468 bits per heavy atom. The first kappa shape index (κ1) is 56.0. The van der Waals surface area contributed by atoms with Gasteiger partial charge >= 0.3 is 0 Å². The summed E-state index contributed by atoms with van der Waals surface area (Å²) in [5, 5.41) is 28.4. The van der Waals surface area contributed by atoms with E-state index in [1.807, 2.05) is 34.8 Å².